The van der Waals surface area contributed by atoms with Crippen molar-refractivity contribution in [1.29, 1.82) is 0 Å². The quantitative estimate of drug-likeness (QED) is 0.573. The number of halogens is 2. The molecule has 3 rings (SSSR count). The van der Waals surface area contributed by atoms with Crippen LogP contribution in [0.25, 0.3) is 11.0 Å². The molecule has 0 atom stereocenters. The SMILES string of the molecule is CP(C)c1c(Nc2nc(Cl)ncc2Cl)ccc2nccnc12. The minimum atomic E-state index is -0.414. The number of rotatable bonds is 3. The van der Waals surface area contributed by atoms with Gasteiger partial charge in [0.1, 0.15) is 5.02 Å². The maximum absolute atomic E-state index is 6.13. The molecule has 0 amide bonds. The van der Waals surface area contributed by atoms with E-state index >= 15 is 0 Å². The van der Waals surface area contributed by atoms with E-state index in [0.29, 0.717) is 10.8 Å². The van der Waals surface area contributed by atoms with Gasteiger partial charge in [0.05, 0.1) is 17.2 Å². The van der Waals surface area contributed by atoms with Crippen molar-refractivity contribution in [1.82, 2.24) is 19.9 Å². The minimum Gasteiger partial charge on any atom is -0.338 e. The molecule has 1 aromatic carbocycles. The van der Waals surface area contributed by atoms with Crippen molar-refractivity contribution in [3.8, 4) is 0 Å². The number of hydrogen-bond acceptors (Lipinski definition) is 5. The summed E-state index contributed by atoms with van der Waals surface area (Å²) < 4.78 is 0. The molecule has 0 fully saturated rings. The van der Waals surface area contributed by atoms with E-state index in [-0.39, 0.29) is 5.28 Å². The molecule has 1 N–H and O–H groups in total. The highest BCUT2D eigenvalue weighted by Gasteiger charge is 2.14. The third kappa shape index (κ3) is 2.98. The Morgan fingerprint density at radius 2 is 1.82 bits per heavy atom. The summed E-state index contributed by atoms with van der Waals surface area (Å²) in [6, 6.07) is 3.88. The third-order valence-corrected chi connectivity index (χ3v) is 4.83. The lowest BCUT2D eigenvalue weighted by molar-refractivity contribution is 1.17. The molecule has 3 aromatic rings. The number of fused-ring (bicyclic) bond motifs is 1. The van der Waals surface area contributed by atoms with Crippen LogP contribution in [0.3, 0.4) is 0 Å². The van der Waals surface area contributed by atoms with Crippen molar-refractivity contribution in [2.24, 2.45) is 0 Å². The lowest BCUT2D eigenvalue weighted by Gasteiger charge is -2.16. The first kappa shape index (κ1) is 15.3. The second-order valence-electron chi connectivity index (χ2n) is 4.74. The Kier molecular flexibility index (Phi) is 4.39. The third-order valence-electron chi connectivity index (χ3n) is 3.03. The van der Waals surface area contributed by atoms with Gasteiger partial charge in [0.15, 0.2) is 5.82 Å². The fourth-order valence-corrected chi connectivity index (χ4v) is 3.62. The summed E-state index contributed by atoms with van der Waals surface area (Å²) in [6.45, 7) is 4.33. The van der Waals surface area contributed by atoms with Crippen LogP contribution in [0.1, 0.15) is 0 Å². The van der Waals surface area contributed by atoms with Crippen LogP contribution in [0.5, 0.6) is 0 Å². The first-order chi connectivity index (χ1) is 10.6. The standard InChI is InChI=1S/C14H12Cl2N5P/c1-22(2)12-10(4-3-9-11(12)18-6-5-17-9)20-13-8(15)7-19-14(16)21-13/h3-7H,1-2H3,(H,19,20,21). The topological polar surface area (TPSA) is 63.6 Å². The summed E-state index contributed by atoms with van der Waals surface area (Å²) in [5.41, 5.74) is 2.66. The fourth-order valence-electron chi connectivity index (χ4n) is 2.14. The van der Waals surface area contributed by atoms with Gasteiger partial charge in [-0.25, -0.2) is 4.98 Å². The predicted octanol–water partition coefficient (Wildman–Crippen LogP) is 3.84. The summed E-state index contributed by atoms with van der Waals surface area (Å²) in [6.07, 6.45) is 4.86. The Morgan fingerprint density at radius 1 is 1.05 bits per heavy atom. The number of aromatic nitrogens is 4. The summed E-state index contributed by atoms with van der Waals surface area (Å²) in [5.74, 6) is 0.475. The molecule has 0 radical (unpaired) electrons. The molecule has 8 heteroatoms. The zero-order chi connectivity index (χ0) is 15.7. The van der Waals surface area contributed by atoms with Gasteiger partial charge >= 0.3 is 0 Å². The molecule has 2 heterocycles. The molecule has 5 nitrogen and oxygen atoms in total. The van der Waals surface area contributed by atoms with E-state index in [0.717, 1.165) is 22.0 Å². The second-order valence-corrected chi connectivity index (χ2v) is 7.72. The van der Waals surface area contributed by atoms with Crippen LogP contribution in [0, 0.1) is 0 Å². The zero-order valence-corrected chi connectivity index (χ0v) is 14.3. The number of hydrogen-bond donors (Lipinski definition) is 1. The summed E-state index contributed by atoms with van der Waals surface area (Å²) in [7, 11) is -0.414. The van der Waals surface area contributed by atoms with Crippen LogP contribution in [-0.2, 0) is 0 Å². The van der Waals surface area contributed by atoms with Gasteiger partial charge in [-0.2, -0.15) is 4.98 Å². The normalized spacial score (nSPS) is 11.1. The number of nitrogens with one attached hydrogen (secondary N) is 1. The Bertz CT molecular complexity index is 841. The Balaban J connectivity index is 2.14. The molecule has 0 saturated heterocycles. The molecular weight excluding hydrogens is 340 g/mol. The van der Waals surface area contributed by atoms with Crippen LogP contribution < -0.4 is 10.6 Å². The van der Waals surface area contributed by atoms with Gasteiger partial charge in [-0.05, 0) is 37.1 Å². The molecule has 0 aliphatic carbocycles. The van der Waals surface area contributed by atoms with E-state index in [1.54, 1.807) is 12.4 Å². The van der Waals surface area contributed by atoms with E-state index in [1.807, 2.05) is 12.1 Å². The first-order valence-electron chi connectivity index (χ1n) is 6.42. The van der Waals surface area contributed by atoms with E-state index in [2.05, 4.69) is 38.6 Å². The lowest BCUT2D eigenvalue weighted by atomic mass is 10.2. The van der Waals surface area contributed by atoms with Crippen molar-refractivity contribution in [3.05, 3.63) is 41.0 Å². The van der Waals surface area contributed by atoms with Gasteiger partial charge < -0.3 is 5.32 Å². The highest BCUT2D eigenvalue weighted by Crippen LogP contribution is 2.34. The van der Waals surface area contributed by atoms with Crippen LogP contribution in [-0.4, -0.2) is 33.3 Å². The van der Waals surface area contributed by atoms with E-state index in [1.165, 1.54) is 6.20 Å². The largest absolute Gasteiger partial charge is 0.338 e. The van der Waals surface area contributed by atoms with Crippen molar-refractivity contribution in [2.75, 3.05) is 18.6 Å². The van der Waals surface area contributed by atoms with Gasteiger partial charge in [0, 0.05) is 23.4 Å². The van der Waals surface area contributed by atoms with Crippen molar-refractivity contribution >= 4 is 59.0 Å². The summed E-state index contributed by atoms with van der Waals surface area (Å²) in [5, 5.41) is 4.90. The van der Waals surface area contributed by atoms with Crippen LogP contribution in [0.4, 0.5) is 11.5 Å². The molecule has 0 unspecified atom stereocenters. The highest BCUT2D eigenvalue weighted by molar-refractivity contribution is 7.65. The Labute approximate surface area is 138 Å². The molecule has 2 aromatic heterocycles. The number of anilines is 2. The van der Waals surface area contributed by atoms with E-state index in [9.17, 15) is 0 Å². The van der Waals surface area contributed by atoms with Crippen LogP contribution in [0.2, 0.25) is 10.3 Å². The van der Waals surface area contributed by atoms with Gasteiger partial charge in [-0.3, -0.25) is 9.97 Å². The minimum absolute atomic E-state index is 0.143. The molecule has 22 heavy (non-hydrogen) atoms. The van der Waals surface area contributed by atoms with Gasteiger partial charge in [-0.1, -0.05) is 19.5 Å². The maximum Gasteiger partial charge on any atom is 0.224 e. The summed E-state index contributed by atoms with van der Waals surface area (Å²) in [4.78, 5) is 16.8. The molecule has 0 aliphatic heterocycles. The molecule has 0 spiro atoms. The second kappa shape index (κ2) is 6.29. The fraction of sp³-hybridized carbons (Fsp3) is 0.143. The van der Waals surface area contributed by atoms with Crippen molar-refractivity contribution in [2.45, 2.75) is 0 Å². The Morgan fingerprint density at radius 3 is 2.59 bits per heavy atom. The number of benzene rings is 1. The first-order valence-corrected chi connectivity index (χ1v) is 9.41. The monoisotopic (exact) mass is 351 g/mol. The summed E-state index contributed by atoms with van der Waals surface area (Å²) >= 11 is 12.0. The average Bonchev–Trinajstić information content (AvgIpc) is 2.50. The van der Waals surface area contributed by atoms with Crippen molar-refractivity contribution in [3.63, 3.8) is 0 Å². The van der Waals surface area contributed by atoms with Gasteiger partial charge in [-0.15, -0.1) is 0 Å². The molecular formula is C14H12Cl2N5P. The number of nitrogens with zero attached hydrogens (tertiary/aromatic N) is 4. The zero-order valence-electron chi connectivity index (χ0n) is 11.9. The van der Waals surface area contributed by atoms with Crippen LogP contribution >= 0.6 is 31.1 Å². The lowest BCUT2D eigenvalue weighted by Crippen LogP contribution is -2.11. The van der Waals surface area contributed by atoms with Gasteiger partial charge in [0.2, 0.25) is 5.28 Å². The molecule has 112 valence electrons. The highest BCUT2D eigenvalue weighted by atomic mass is 35.5. The van der Waals surface area contributed by atoms with Crippen molar-refractivity contribution < 1.29 is 0 Å². The maximum atomic E-state index is 6.13. The van der Waals surface area contributed by atoms with Gasteiger partial charge in [0.25, 0.3) is 0 Å². The smallest absolute Gasteiger partial charge is 0.224 e. The van der Waals surface area contributed by atoms with E-state index in [4.69, 9.17) is 23.2 Å². The molecule has 0 aliphatic rings. The van der Waals surface area contributed by atoms with Crippen LogP contribution in [0.15, 0.2) is 30.7 Å². The molecule has 0 bridgehead atoms. The Hall–Kier alpha value is -1.55. The molecule has 0 saturated carbocycles. The predicted molar refractivity (Wildman–Crippen MR) is 93.3 cm³/mol. The average molecular weight is 352 g/mol. The van der Waals surface area contributed by atoms with E-state index < -0.39 is 7.92 Å².